The van der Waals surface area contributed by atoms with Crippen molar-refractivity contribution in [1.29, 1.82) is 0 Å². The van der Waals surface area contributed by atoms with E-state index in [-0.39, 0.29) is 17.7 Å². The van der Waals surface area contributed by atoms with Gasteiger partial charge in [-0.2, -0.15) is 0 Å². The predicted molar refractivity (Wildman–Crippen MR) is 113 cm³/mol. The van der Waals surface area contributed by atoms with Gasteiger partial charge in [0.15, 0.2) is 5.16 Å². The van der Waals surface area contributed by atoms with Gasteiger partial charge in [-0.1, -0.05) is 54.2 Å². The minimum atomic E-state index is -0.225. The molecule has 0 spiro atoms. The van der Waals surface area contributed by atoms with Gasteiger partial charge >= 0.3 is 0 Å². The summed E-state index contributed by atoms with van der Waals surface area (Å²) in [5.74, 6) is 2.59. The summed E-state index contributed by atoms with van der Waals surface area (Å²) in [6.07, 6.45) is 2.36. The highest BCUT2D eigenvalue weighted by atomic mass is 32.2. The number of ether oxygens (including phenoxy) is 1. The molecule has 1 fully saturated rings. The van der Waals surface area contributed by atoms with E-state index in [0.29, 0.717) is 5.92 Å². The second-order valence-corrected chi connectivity index (χ2v) is 8.09. The number of hydrogen-bond acceptors (Lipinski definition) is 5. The Bertz CT molecular complexity index is 968. The van der Waals surface area contributed by atoms with Gasteiger partial charge in [0.2, 0.25) is 5.91 Å². The lowest BCUT2D eigenvalue weighted by Crippen LogP contribution is -2.30. The van der Waals surface area contributed by atoms with Crippen molar-refractivity contribution in [3.63, 3.8) is 0 Å². The van der Waals surface area contributed by atoms with Gasteiger partial charge in [0.25, 0.3) is 0 Å². The smallest absolute Gasteiger partial charge is 0.231 e. The Hall–Kier alpha value is -2.80. The van der Waals surface area contributed by atoms with Crippen molar-refractivity contribution in [1.82, 2.24) is 20.1 Å². The molecule has 4 rings (SSSR count). The summed E-state index contributed by atoms with van der Waals surface area (Å²) in [4.78, 5) is 12.7. The van der Waals surface area contributed by atoms with E-state index < -0.39 is 0 Å². The third kappa shape index (κ3) is 4.62. The lowest BCUT2D eigenvalue weighted by Gasteiger charge is -2.20. The molecule has 1 aromatic heterocycles. The van der Waals surface area contributed by atoms with Crippen molar-refractivity contribution >= 4 is 17.7 Å². The topological polar surface area (TPSA) is 69.0 Å². The molecule has 1 atom stereocenters. The summed E-state index contributed by atoms with van der Waals surface area (Å²) in [7, 11) is 3.61. The molecule has 1 heterocycles. The van der Waals surface area contributed by atoms with E-state index >= 15 is 0 Å². The van der Waals surface area contributed by atoms with E-state index in [1.807, 2.05) is 66.2 Å². The molecule has 29 heavy (non-hydrogen) atoms. The molecule has 0 bridgehead atoms. The number of methoxy groups -OCH3 is 1. The normalized spacial score (nSPS) is 14.4. The minimum Gasteiger partial charge on any atom is -0.497 e. The van der Waals surface area contributed by atoms with E-state index in [9.17, 15) is 4.79 Å². The molecule has 0 aliphatic heterocycles. The fourth-order valence-corrected chi connectivity index (χ4v) is 4.01. The van der Waals surface area contributed by atoms with Crippen molar-refractivity contribution < 1.29 is 9.53 Å². The molecule has 1 saturated carbocycles. The number of benzene rings is 2. The van der Waals surface area contributed by atoms with Crippen LogP contribution in [0.3, 0.4) is 0 Å². The largest absolute Gasteiger partial charge is 0.497 e. The second-order valence-electron chi connectivity index (χ2n) is 7.15. The molecule has 1 N–H and O–H groups in total. The number of carbonyl (C=O) groups excluding carboxylic acids is 1. The summed E-state index contributed by atoms with van der Waals surface area (Å²) >= 11 is 1.42. The Labute approximate surface area is 174 Å². The van der Waals surface area contributed by atoms with Crippen LogP contribution < -0.4 is 10.1 Å². The van der Waals surface area contributed by atoms with E-state index in [1.54, 1.807) is 7.11 Å². The molecule has 1 aliphatic rings. The zero-order valence-corrected chi connectivity index (χ0v) is 17.4. The monoisotopic (exact) mass is 408 g/mol. The number of nitrogens with zero attached hydrogens (tertiary/aromatic N) is 3. The maximum atomic E-state index is 12.7. The summed E-state index contributed by atoms with van der Waals surface area (Å²) in [6.45, 7) is 0. The number of aromatic nitrogens is 3. The van der Waals surface area contributed by atoms with Crippen LogP contribution in [0.1, 0.15) is 41.8 Å². The van der Waals surface area contributed by atoms with Gasteiger partial charge < -0.3 is 14.6 Å². The predicted octanol–water partition coefficient (Wildman–Crippen LogP) is 3.70. The molecule has 2 aromatic carbocycles. The third-order valence-corrected chi connectivity index (χ3v) is 6.05. The SMILES string of the molecule is COc1ccc(C(NC(=O)CSc2nnc(C3CC3)n2C)c2ccccc2)cc1. The average Bonchev–Trinajstić information content (AvgIpc) is 3.54. The Morgan fingerprint density at radius 3 is 2.48 bits per heavy atom. The highest BCUT2D eigenvalue weighted by molar-refractivity contribution is 7.99. The molecule has 1 aliphatic carbocycles. The van der Waals surface area contributed by atoms with Crippen LogP contribution in [-0.2, 0) is 11.8 Å². The zero-order valence-electron chi connectivity index (χ0n) is 16.5. The average molecular weight is 409 g/mol. The first-order valence-electron chi connectivity index (χ1n) is 9.66. The van der Waals surface area contributed by atoms with Crippen molar-refractivity contribution in [2.45, 2.75) is 30.0 Å². The molecule has 7 heteroatoms. The van der Waals surface area contributed by atoms with Crippen LogP contribution in [0.25, 0.3) is 0 Å². The van der Waals surface area contributed by atoms with Crippen LogP contribution in [0, 0.1) is 0 Å². The Morgan fingerprint density at radius 2 is 1.83 bits per heavy atom. The van der Waals surface area contributed by atoms with Crippen molar-refractivity contribution in [3.8, 4) is 5.75 Å². The van der Waals surface area contributed by atoms with E-state index in [0.717, 1.165) is 27.9 Å². The number of hydrogen-bond donors (Lipinski definition) is 1. The first-order valence-corrected chi connectivity index (χ1v) is 10.6. The Kier molecular flexibility index (Phi) is 5.85. The zero-order chi connectivity index (χ0) is 20.2. The van der Waals surface area contributed by atoms with Crippen LogP contribution in [0.2, 0.25) is 0 Å². The number of carbonyl (C=O) groups is 1. The fourth-order valence-electron chi connectivity index (χ4n) is 3.28. The molecular weight excluding hydrogens is 384 g/mol. The van der Waals surface area contributed by atoms with Gasteiger partial charge in [-0.3, -0.25) is 4.79 Å². The van der Waals surface area contributed by atoms with E-state index in [4.69, 9.17) is 4.74 Å². The highest BCUT2D eigenvalue weighted by Crippen LogP contribution is 2.39. The molecule has 3 aromatic rings. The van der Waals surface area contributed by atoms with E-state index in [1.165, 1.54) is 24.6 Å². The standard InChI is InChI=1S/C22H24N4O2S/c1-26-21(17-8-9-17)24-25-22(26)29-14-19(27)23-20(15-6-4-3-5-7-15)16-10-12-18(28-2)13-11-16/h3-7,10-13,17,20H,8-9,14H2,1-2H3,(H,23,27). The van der Waals surface area contributed by atoms with Crippen LogP contribution in [0.4, 0.5) is 0 Å². The van der Waals surface area contributed by atoms with Crippen molar-refractivity contribution in [3.05, 3.63) is 71.5 Å². The molecule has 6 nitrogen and oxygen atoms in total. The van der Waals surface area contributed by atoms with Crippen molar-refractivity contribution in [2.24, 2.45) is 7.05 Å². The van der Waals surface area contributed by atoms with Gasteiger partial charge in [0.1, 0.15) is 11.6 Å². The molecule has 0 radical (unpaired) electrons. The second kappa shape index (κ2) is 8.69. The van der Waals surface area contributed by atoms with Crippen LogP contribution >= 0.6 is 11.8 Å². The first kappa shape index (κ1) is 19.5. The number of rotatable bonds is 8. The molecule has 150 valence electrons. The Balaban J connectivity index is 1.46. The van der Waals surface area contributed by atoms with Gasteiger partial charge in [0, 0.05) is 13.0 Å². The lowest BCUT2D eigenvalue weighted by atomic mass is 9.98. The molecular formula is C22H24N4O2S. The molecule has 1 amide bonds. The summed E-state index contributed by atoms with van der Waals surface area (Å²) < 4.78 is 7.26. The van der Waals surface area contributed by atoms with Gasteiger partial charge in [-0.15, -0.1) is 10.2 Å². The van der Waals surface area contributed by atoms with Crippen LogP contribution in [0.15, 0.2) is 59.8 Å². The van der Waals surface area contributed by atoms with Crippen LogP contribution in [-0.4, -0.2) is 33.5 Å². The summed E-state index contributed by atoms with van der Waals surface area (Å²) in [6, 6.07) is 17.5. The third-order valence-electron chi connectivity index (χ3n) is 5.03. The van der Waals surface area contributed by atoms with Gasteiger partial charge in [0.05, 0.1) is 18.9 Å². The Morgan fingerprint density at radius 1 is 1.14 bits per heavy atom. The molecule has 0 saturated heterocycles. The number of nitrogens with one attached hydrogen (secondary N) is 1. The fraction of sp³-hybridized carbons (Fsp3) is 0.318. The van der Waals surface area contributed by atoms with Gasteiger partial charge in [-0.05, 0) is 36.1 Å². The summed E-state index contributed by atoms with van der Waals surface area (Å²) in [5.41, 5.74) is 2.04. The lowest BCUT2D eigenvalue weighted by molar-refractivity contribution is -0.119. The van der Waals surface area contributed by atoms with Gasteiger partial charge in [-0.25, -0.2) is 0 Å². The number of amides is 1. The first-order chi connectivity index (χ1) is 14.2. The number of thioether (sulfide) groups is 1. The van der Waals surface area contributed by atoms with E-state index in [2.05, 4.69) is 15.5 Å². The maximum absolute atomic E-state index is 12.7. The minimum absolute atomic E-state index is 0.0457. The highest BCUT2D eigenvalue weighted by Gasteiger charge is 2.29. The summed E-state index contributed by atoms with van der Waals surface area (Å²) in [5, 5.41) is 12.5. The quantitative estimate of drug-likeness (QED) is 0.576. The van der Waals surface area contributed by atoms with Crippen LogP contribution in [0.5, 0.6) is 5.75 Å². The maximum Gasteiger partial charge on any atom is 0.231 e. The molecule has 1 unspecified atom stereocenters. The van der Waals surface area contributed by atoms with Crippen molar-refractivity contribution in [2.75, 3.05) is 12.9 Å².